The molecule has 6 heteroatoms. The fourth-order valence-corrected chi connectivity index (χ4v) is 1.89. The number of imidazole rings is 1. The Hall–Kier alpha value is -2.01. The highest BCUT2D eigenvalue weighted by Gasteiger charge is 2.08. The topological polar surface area (TPSA) is 43.6 Å². The summed E-state index contributed by atoms with van der Waals surface area (Å²) in [4.78, 5) is 12.1. The van der Waals surface area contributed by atoms with Crippen LogP contribution in [0.5, 0.6) is 0 Å². The normalized spacial score (nSPS) is 11.0. The standard InChI is InChI=1S/C12H8ClFN4/c13-12-15-5-10-11(17-12)18(7-16-10)6-8-3-1-2-4-9(8)14/h1-5,7H,6H2. The van der Waals surface area contributed by atoms with Crippen molar-refractivity contribution in [2.24, 2.45) is 0 Å². The van der Waals surface area contributed by atoms with Crippen LogP contribution in [-0.2, 0) is 6.54 Å². The Kier molecular flexibility index (Phi) is 2.68. The molecule has 0 fully saturated rings. The van der Waals surface area contributed by atoms with Gasteiger partial charge in [-0.1, -0.05) is 18.2 Å². The minimum atomic E-state index is -0.250. The molecule has 2 aromatic heterocycles. The lowest BCUT2D eigenvalue weighted by Crippen LogP contribution is -2.01. The van der Waals surface area contributed by atoms with Gasteiger partial charge in [-0.25, -0.2) is 14.4 Å². The second-order valence-electron chi connectivity index (χ2n) is 3.81. The third-order valence-corrected chi connectivity index (χ3v) is 2.81. The average Bonchev–Trinajstić information content (AvgIpc) is 2.75. The Labute approximate surface area is 107 Å². The number of nitrogens with zero attached hydrogens (tertiary/aromatic N) is 4. The first-order valence-electron chi connectivity index (χ1n) is 5.31. The molecule has 2 heterocycles. The molecule has 0 aliphatic carbocycles. The second-order valence-corrected chi connectivity index (χ2v) is 4.15. The monoisotopic (exact) mass is 262 g/mol. The predicted molar refractivity (Wildman–Crippen MR) is 65.8 cm³/mol. The average molecular weight is 263 g/mol. The molecule has 0 bridgehead atoms. The van der Waals surface area contributed by atoms with Crippen molar-refractivity contribution in [3.05, 3.63) is 53.5 Å². The van der Waals surface area contributed by atoms with E-state index in [1.54, 1.807) is 35.3 Å². The smallest absolute Gasteiger partial charge is 0.224 e. The number of hydrogen-bond acceptors (Lipinski definition) is 3. The molecule has 90 valence electrons. The van der Waals surface area contributed by atoms with Crippen LogP contribution in [0.3, 0.4) is 0 Å². The molecular formula is C12H8ClFN4. The molecule has 18 heavy (non-hydrogen) atoms. The molecule has 3 rings (SSSR count). The van der Waals surface area contributed by atoms with E-state index < -0.39 is 0 Å². The third kappa shape index (κ3) is 1.93. The maximum absolute atomic E-state index is 13.6. The molecule has 0 amide bonds. The lowest BCUT2D eigenvalue weighted by Gasteiger charge is -2.04. The van der Waals surface area contributed by atoms with Crippen LogP contribution in [-0.4, -0.2) is 19.5 Å². The number of hydrogen-bond donors (Lipinski definition) is 0. The van der Waals surface area contributed by atoms with Gasteiger partial charge in [-0.3, -0.25) is 0 Å². The van der Waals surface area contributed by atoms with Gasteiger partial charge in [0.25, 0.3) is 0 Å². The fraction of sp³-hybridized carbons (Fsp3) is 0.0833. The van der Waals surface area contributed by atoms with Crippen molar-refractivity contribution in [2.45, 2.75) is 6.54 Å². The Morgan fingerprint density at radius 1 is 1.22 bits per heavy atom. The van der Waals surface area contributed by atoms with Gasteiger partial charge >= 0.3 is 0 Å². The molecule has 0 N–H and O–H groups in total. The first kappa shape index (κ1) is 11.1. The quantitative estimate of drug-likeness (QED) is 0.667. The van der Waals surface area contributed by atoms with E-state index in [1.165, 1.54) is 6.07 Å². The van der Waals surface area contributed by atoms with Crippen molar-refractivity contribution >= 4 is 22.8 Å². The highest BCUT2D eigenvalue weighted by Crippen LogP contribution is 2.15. The highest BCUT2D eigenvalue weighted by molar-refractivity contribution is 6.28. The summed E-state index contributed by atoms with van der Waals surface area (Å²) in [6.07, 6.45) is 3.14. The van der Waals surface area contributed by atoms with Crippen LogP contribution in [0.2, 0.25) is 5.28 Å². The van der Waals surface area contributed by atoms with Crippen LogP contribution in [0.25, 0.3) is 11.2 Å². The zero-order valence-corrected chi connectivity index (χ0v) is 9.97. The van der Waals surface area contributed by atoms with Gasteiger partial charge in [0.2, 0.25) is 5.28 Å². The maximum atomic E-state index is 13.6. The predicted octanol–water partition coefficient (Wildman–Crippen LogP) is 2.67. The maximum Gasteiger partial charge on any atom is 0.224 e. The highest BCUT2D eigenvalue weighted by atomic mass is 35.5. The van der Waals surface area contributed by atoms with Crippen molar-refractivity contribution in [3.8, 4) is 0 Å². The molecule has 0 saturated heterocycles. The Morgan fingerprint density at radius 2 is 2.06 bits per heavy atom. The van der Waals surface area contributed by atoms with Crippen molar-refractivity contribution in [1.82, 2.24) is 19.5 Å². The van der Waals surface area contributed by atoms with E-state index in [2.05, 4.69) is 15.0 Å². The van der Waals surface area contributed by atoms with Gasteiger partial charge in [-0.05, 0) is 17.7 Å². The Balaban J connectivity index is 2.05. The zero-order chi connectivity index (χ0) is 12.5. The molecule has 0 atom stereocenters. The van der Waals surface area contributed by atoms with Gasteiger partial charge in [0.1, 0.15) is 11.3 Å². The molecule has 0 unspecified atom stereocenters. The summed E-state index contributed by atoms with van der Waals surface area (Å²) in [5, 5.41) is 0.151. The summed E-state index contributed by atoms with van der Waals surface area (Å²) in [5.41, 5.74) is 1.81. The number of benzene rings is 1. The van der Waals surface area contributed by atoms with Crippen LogP contribution < -0.4 is 0 Å². The van der Waals surface area contributed by atoms with Crippen LogP contribution in [0.15, 0.2) is 36.8 Å². The van der Waals surface area contributed by atoms with Crippen LogP contribution in [0, 0.1) is 5.82 Å². The van der Waals surface area contributed by atoms with E-state index in [0.29, 0.717) is 23.3 Å². The van der Waals surface area contributed by atoms with E-state index in [0.717, 1.165) is 0 Å². The first-order chi connectivity index (χ1) is 8.74. The second kappa shape index (κ2) is 4.34. The zero-order valence-electron chi connectivity index (χ0n) is 9.22. The lowest BCUT2D eigenvalue weighted by atomic mass is 10.2. The number of aromatic nitrogens is 4. The molecule has 1 aromatic carbocycles. The molecule has 0 radical (unpaired) electrons. The Bertz CT molecular complexity index is 710. The van der Waals surface area contributed by atoms with Crippen molar-refractivity contribution in [2.75, 3.05) is 0 Å². The van der Waals surface area contributed by atoms with Gasteiger partial charge in [0.05, 0.1) is 19.1 Å². The number of fused-ring (bicyclic) bond motifs is 1. The van der Waals surface area contributed by atoms with E-state index in [9.17, 15) is 4.39 Å². The Morgan fingerprint density at radius 3 is 2.89 bits per heavy atom. The fourth-order valence-electron chi connectivity index (χ4n) is 1.76. The van der Waals surface area contributed by atoms with Crippen molar-refractivity contribution in [3.63, 3.8) is 0 Å². The molecule has 4 nitrogen and oxygen atoms in total. The van der Waals surface area contributed by atoms with E-state index in [4.69, 9.17) is 11.6 Å². The third-order valence-electron chi connectivity index (χ3n) is 2.63. The minimum Gasteiger partial charge on any atom is -0.311 e. The summed E-state index contributed by atoms with van der Waals surface area (Å²) in [7, 11) is 0. The van der Waals surface area contributed by atoms with Gasteiger partial charge in [0, 0.05) is 5.56 Å². The lowest BCUT2D eigenvalue weighted by molar-refractivity contribution is 0.601. The summed E-state index contributed by atoms with van der Waals surface area (Å²) in [6.45, 7) is 0.358. The number of rotatable bonds is 2. The van der Waals surface area contributed by atoms with Crippen molar-refractivity contribution in [1.29, 1.82) is 0 Å². The molecule has 0 aliphatic heterocycles. The van der Waals surface area contributed by atoms with Crippen LogP contribution in [0.1, 0.15) is 5.56 Å². The van der Waals surface area contributed by atoms with E-state index in [-0.39, 0.29) is 11.1 Å². The van der Waals surface area contributed by atoms with E-state index >= 15 is 0 Å². The van der Waals surface area contributed by atoms with Crippen LogP contribution >= 0.6 is 11.6 Å². The van der Waals surface area contributed by atoms with Gasteiger partial charge < -0.3 is 4.57 Å². The summed E-state index contributed by atoms with van der Waals surface area (Å²) < 4.78 is 15.3. The summed E-state index contributed by atoms with van der Waals surface area (Å²) >= 11 is 5.74. The van der Waals surface area contributed by atoms with Crippen LogP contribution in [0.4, 0.5) is 4.39 Å². The van der Waals surface area contributed by atoms with Crippen molar-refractivity contribution < 1.29 is 4.39 Å². The largest absolute Gasteiger partial charge is 0.311 e. The molecular weight excluding hydrogens is 255 g/mol. The number of halogens is 2. The van der Waals surface area contributed by atoms with Gasteiger partial charge in [0.15, 0.2) is 5.65 Å². The molecule has 0 saturated carbocycles. The minimum absolute atomic E-state index is 0.151. The summed E-state index contributed by atoms with van der Waals surface area (Å²) in [6, 6.07) is 6.60. The van der Waals surface area contributed by atoms with Gasteiger partial charge in [-0.2, -0.15) is 4.98 Å². The SMILES string of the molecule is Fc1ccccc1Cn1cnc2cnc(Cl)nc21. The van der Waals surface area contributed by atoms with Gasteiger partial charge in [-0.15, -0.1) is 0 Å². The summed E-state index contributed by atoms with van der Waals surface area (Å²) in [5.74, 6) is -0.250. The van der Waals surface area contributed by atoms with E-state index in [1.807, 2.05) is 0 Å². The first-order valence-corrected chi connectivity index (χ1v) is 5.68. The molecule has 3 aromatic rings. The molecule has 0 aliphatic rings. The molecule has 0 spiro atoms.